The van der Waals surface area contributed by atoms with Gasteiger partial charge in [-0.2, -0.15) is 0 Å². The van der Waals surface area contributed by atoms with Crippen molar-refractivity contribution in [2.45, 2.75) is 20.0 Å². The molecule has 1 aromatic heterocycles. The summed E-state index contributed by atoms with van der Waals surface area (Å²) in [6.07, 6.45) is 1.82. The summed E-state index contributed by atoms with van der Waals surface area (Å²) in [5, 5.41) is 19.8. The first kappa shape index (κ1) is 13.8. The van der Waals surface area contributed by atoms with Crippen molar-refractivity contribution in [3.05, 3.63) is 24.0 Å². The summed E-state index contributed by atoms with van der Waals surface area (Å²) >= 11 is 0. The van der Waals surface area contributed by atoms with Crippen LogP contribution >= 0.6 is 0 Å². The lowest BCUT2D eigenvalue weighted by Gasteiger charge is -2.04. The normalized spacial score (nSPS) is 10.7. The molecule has 0 amide bonds. The summed E-state index contributed by atoms with van der Waals surface area (Å²) in [5.74, 6) is 0. The molecule has 6 heteroatoms. The predicted octanol–water partition coefficient (Wildman–Crippen LogP) is -0.0473. The van der Waals surface area contributed by atoms with Crippen LogP contribution in [0.3, 0.4) is 0 Å². The fourth-order valence-electron chi connectivity index (χ4n) is 1.24. The first-order chi connectivity index (χ1) is 8.22. The number of rotatable bonds is 9. The van der Waals surface area contributed by atoms with Crippen LogP contribution in [0.5, 0.6) is 0 Å². The maximum atomic E-state index is 8.72. The second-order valence-electron chi connectivity index (χ2n) is 3.88. The molecule has 1 heterocycles. The fraction of sp³-hybridized carbons (Fsp3) is 0.636. The molecule has 0 spiro atoms. The molecule has 1 aromatic rings. The van der Waals surface area contributed by atoms with Gasteiger partial charge in [-0.3, -0.25) is 0 Å². The first-order valence-corrected chi connectivity index (χ1v) is 5.65. The molecule has 0 saturated heterocycles. The number of nitrogens with zero attached hydrogens (tertiary/aromatic N) is 3. The average Bonchev–Trinajstić information content (AvgIpc) is 2.71. The van der Waals surface area contributed by atoms with E-state index in [2.05, 4.69) is 22.2 Å². The quantitative estimate of drug-likeness (QED) is 0.468. The Morgan fingerprint density at radius 1 is 1.65 bits per heavy atom. The van der Waals surface area contributed by atoms with Gasteiger partial charge in [-0.05, 0) is 6.92 Å². The largest absolute Gasteiger partial charge is 0.394 e. The van der Waals surface area contributed by atoms with E-state index in [0.29, 0.717) is 26.3 Å². The molecule has 17 heavy (non-hydrogen) atoms. The molecule has 0 fully saturated rings. The Bertz CT molecular complexity index is 338. The van der Waals surface area contributed by atoms with Crippen LogP contribution in [-0.4, -0.2) is 46.5 Å². The van der Waals surface area contributed by atoms with Gasteiger partial charge in [0.05, 0.1) is 32.1 Å². The highest BCUT2D eigenvalue weighted by atomic mass is 16.5. The van der Waals surface area contributed by atoms with Gasteiger partial charge in [-0.1, -0.05) is 17.4 Å². The Balaban J connectivity index is 2.07. The SMILES string of the molecule is C=C(C)COCCNCc1cn(CCO)nn1. The number of nitrogens with one attached hydrogen (secondary N) is 1. The number of aliphatic hydroxyl groups excluding tert-OH is 1. The summed E-state index contributed by atoms with van der Waals surface area (Å²) in [6, 6.07) is 0. The Labute approximate surface area is 101 Å². The lowest BCUT2D eigenvalue weighted by Crippen LogP contribution is -2.19. The summed E-state index contributed by atoms with van der Waals surface area (Å²) in [7, 11) is 0. The van der Waals surface area contributed by atoms with Crippen molar-refractivity contribution in [3.63, 3.8) is 0 Å². The van der Waals surface area contributed by atoms with Crippen LogP contribution < -0.4 is 5.32 Å². The minimum absolute atomic E-state index is 0.0744. The van der Waals surface area contributed by atoms with Crippen LogP contribution in [0.1, 0.15) is 12.6 Å². The van der Waals surface area contributed by atoms with Gasteiger partial charge in [0, 0.05) is 19.3 Å². The molecule has 96 valence electrons. The van der Waals surface area contributed by atoms with Crippen molar-refractivity contribution >= 4 is 0 Å². The molecular formula is C11H20N4O2. The van der Waals surface area contributed by atoms with E-state index < -0.39 is 0 Å². The number of hydrogen-bond donors (Lipinski definition) is 2. The highest BCUT2D eigenvalue weighted by Gasteiger charge is 1.99. The van der Waals surface area contributed by atoms with Gasteiger partial charge < -0.3 is 15.2 Å². The topological polar surface area (TPSA) is 72.2 Å². The Morgan fingerprint density at radius 2 is 2.47 bits per heavy atom. The van der Waals surface area contributed by atoms with Crippen molar-refractivity contribution in [1.29, 1.82) is 0 Å². The first-order valence-electron chi connectivity index (χ1n) is 5.65. The van der Waals surface area contributed by atoms with Crippen LogP contribution in [0, 0.1) is 0 Å². The van der Waals surface area contributed by atoms with Crippen molar-refractivity contribution < 1.29 is 9.84 Å². The minimum Gasteiger partial charge on any atom is -0.394 e. The number of hydrogen-bond acceptors (Lipinski definition) is 5. The molecule has 0 saturated carbocycles. The van der Waals surface area contributed by atoms with E-state index in [1.54, 1.807) is 4.68 Å². The maximum Gasteiger partial charge on any atom is 0.0964 e. The lowest BCUT2D eigenvalue weighted by atomic mass is 10.4. The minimum atomic E-state index is 0.0744. The number of ether oxygens (including phenoxy) is 1. The molecule has 0 aromatic carbocycles. The highest BCUT2D eigenvalue weighted by Crippen LogP contribution is 1.92. The summed E-state index contributed by atoms with van der Waals surface area (Å²) in [6.45, 7) is 8.92. The van der Waals surface area contributed by atoms with Gasteiger partial charge in [0.2, 0.25) is 0 Å². The van der Waals surface area contributed by atoms with Gasteiger partial charge in [-0.15, -0.1) is 5.10 Å². The van der Waals surface area contributed by atoms with E-state index >= 15 is 0 Å². The van der Waals surface area contributed by atoms with E-state index in [4.69, 9.17) is 9.84 Å². The van der Waals surface area contributed by atoms with Crippen LogP contribution in [0.2, 0.25) is 0 Å². The molecule has 2 N–H and O–H groups in total. The van der Waals surface area contributed by atoms with Gasteiger partial charge in [0.25, 0.3) is 0 Å². The highest BCUT2D eigenvalue weighted by molar-refractivity contribution is 4.91. The Morgan fingerprint density at radius 3 is 3.18 bits per heavy atom. The smallest absolute Gasteiger partial charge is 0.0964 e. The van der Waals surface area contributed by atoms with Crippen LogP contribution in [0.25, 0.3) is 0 Å². The average molecular weight is 240 g/mol. The number of aliphatic hydroxyl groups is 1. The third-order valence-electron chi connectivity index (χ3n) is 1.99. The molecule has 0 aliphatic carbocycles. The monoisotopic (exact) mass is 240 g/mol. The second kappa shape index (κ2) is 7.94. The maximum absolute atomic E-state index is 8.72. The molecule has 0 aliphatic rings. The summed E-state index contributed by atoms with van der Waals surface area (Å²) in [4.78, 5) is 0. The van der Waals surface area contributed by atoms with E-state index in [1.165, 1.54) is 0 Å². The third-order valence-corrected chi connectivity index (χ3v) is 1.99. The van der Waals surface area contributed by atoms with E-state index in [0.717, 1.165) is 17.8 Å². The van der Waals surface area contributed by atoms with Gasteiger partial charge in [0.15, 0.2) is 0 Å². The zero-order chi connectivity index (χ0) is 12.5. The van der Waals surface area contributed by atoms with Crippen molar-refractivity contribution in [3.8, 4) is 0 Å². The van der Waals surface area contributed by atoms with Crippen LogP contribution in [0.15, 0.2) is 18.3 Å². The van der Waals surface area contributed by atoms with Gasteiger partial charge in [-0.25, -0.2) is 4.68 Å². The van der Waals surface area contributed by atoms with E-state index in [-0.39, 0.29) is 6.61 Å². The number of aromatic nitrogens is 3. The summed E-state index contributed by atoms with van der Waals surface area (Å²) in [5.41, 5.74) is 1.88. The lowest BCUT2D eigenvalue weighted by molar-refractivity contribution is 0.157. The Kier molecular flexibility index (Phi) is 6.46. The zero-order valence-corrected chi connectivity index (χ0v) is 10.2. The summed E-state index contributed by atoms with van der Waals surface area (Å²) < 4.78 is 6.96. The molecule has 0 unspecified atom stereocenters. The van der Waals surface area contributed by atoms with E-state index in [9.17, 15) is 0 Å². The Hall–Kier alpha value is -1.24. The molecule has 6 nitrogen and oxygen atoms in total. The van der Waals surface area contributed by atoms with Gasteiger partial charge >= 0.3 is 0 Å². The van der Waals surface area contributed by atoms with Crippen molar-refractivity contribution in [2.75, 3.05) is 26.4 Å². The van der Waals surface area contributed by atoms with Gasteiger partial charge in [0.1, 0.15) is 0 Å². The standard InChI is InChI=1S/C11H20N4O2/c1-10(2)9-17-6-3-12-7-11-8-15(4-5-16)14-13-11/h8,12,16H,1,3-7,9H2,2H3. The van der Waals surface area contributed by atoms with Crippen LogP contribution in [0.4, 0.5) is 0 Å². The zero-order valence-electron chi connectivity index (χ0n) is 10.2. The van der Waals surface area contributed by atoms with E-state index in [1.807, 2.05) is 13.1 Å². The van der Waals surface area contributed by atoms with Crippen LogP contribution in [-0.2, 0) is 17.8 Å². The second-order valence-corrected chi connectivity index (χ2v) is 3.88. The molecule has 0 bridgehead atoms. The predicted molar refractivity (Wildman–Crippen MR) is 64.4 cm³/mol. The third kappa shape index (κ3) is 6.15. The molecular weight excluding hydrogens is 220 g/mol. The fourth-order valence-corrected chi connectivity index (χ4v) is 1.24. The van der Waals surface area contributed by atoms with Crippen molar-refractivity contribution in [2.24, 2.45) is 0 Å². The molecule has 0 aliphatic heterocycles. The molecule has 0 radical (unpaired) electrons. The molecule has 0 atom stereocenters. The van der Waals surface area contributed by atoms with Crippen molar-refractivity contribution in [1.82, 2.24) is 20.3 Å². The molecule has 1 rings (SSSR count).